The minimum atomic E-state index is -0.0690. The molecule has 0 atom stereocenters. The summed E-state index contributed by atoms with van der Waals surface area (Å²) >= 11 is 1.42. The fourth-order valence-corrected chi connectivity index (χ4v) is 3.91. The van der Waals surface area contributed by atoms with Gasteiger partial charge in [0.25, 0.3) is 0 Å². The van der Waals surface area contributed by atoms with Gasteiger partial charge < -0.3 is 14.6 Å². The summed E-state index contributed by atoms with van der Waals surface area (Å²) < 4.78 is 7.20. The Bertz CT molecular complexity index is 726. The summed E-state index contributed by atoms with van der Waals surface area (Å²) in [6, 6.07) is 7.33. The van der Waals surface area contributed by atoms with Gasteiger partial charge in [0.05, 0.1) is 12.9 Å². The summed E-state index contributed by atoms with van der Waals surface area (Å²) in [7, 11) is 3.60. The van der Waals surface area contributed by atoms with Gasteiger partial charge in [-0.05, 0) is 25.0 Å². The highest BCUT2D eigenvalue weighted by atomic mass is 32.2. The Morgan fingerprint density at radius 2 is 2.12 bits per heavy atom. The molecule has 0 aliphatic heterocycles. The zero-order valence-electron chi connectivity index (χ0n) is 14.7. The van der Waals surface area contributed by atoms with E-state index in [4.69, 9.17) is 4.74 Å². The van der Waals surface area contributed by atoms with Crippen LogP contribution in [-0.4, -0.2) is 33.5 Å². The lowest BCUT2D eigenvalue weighted by atomic mass is 9.89. The van der Waals surface area contributed by atoms with Gasteiger partial charge in [-0.3, -0.25) is 4.79 Å². The quantitative estimate of drug-likeness (QED) is 0.797. The van der Waals surface area contributed by atoms with Gasteiger partial charge >= 0.3 is 0 Å². The number of carbonyl (C=O) groups is 1. The highest BCUT2D eigenvalue weighted by Crippen LogP contribution is 2.32. The van der Waals surface area contributed by atoms with Crippen LogP contribution in [0.3, 0.4) is 0 Å². The molecule has 1 aromatic carbocycles. The van der Waals surface area contributed by atoms with Crippen molar-refractivity contribution in [1.82, 2.24) is 14.8 Å². The lowest BCUT2D eigenvalue weighted by Crippen LogP contribution is -2.15. The van der Waals surface area contributed by atoms with Crippen LogP contribution < -0.4 is 10.1 Å². The number of nitrogens with one attached hydrogen (secondary N) is 1. The van der Waals surface area contributed by atoms with Crippen molar-refractivity contribution >= 4 is 23.4 Å². The molecule has 1 aliphatic rings. The molecule has 1 N–H and O–H groups in total. The molecule has 0 spiro atoms. The smallest absolute Gasteiger partial charge is 0.234 e. The Balaban J connectivity index is 1.56. The van der Waals surface area contributed by atoms with Crippen molar-refractivity contribution in [3.63, 3.8) is 0 Å². The number of carbonyl (C=O) groups excluding carboxylic acids is 1. The van der Waals surface area contributed by atoms with E-state index in [2.05, 4.69) is 15.5 Å². The van der Waals surface area contributed by atoms with Crippen LogP contribution in [0, 0.1) is 0 Å². The maximum atomic E-state index is 12.2. The minimum Gasteiger partial charge on any atom is -0.497 e. The number of amides is 1. The Hall–Kier alpha value is -2.02. The van der Waals surface area contributed by atoms with E-state index in [0.717, 1.165) is 22.4 Å². The molecular formula is C18H24N4O2S. The Morgan fingerprint density at radius 3 is 2.88 bits per heavy atom. The number of hydrogen-bond donors (Lipinski definition) is 1. The first kappa shape index (κ1) is 17.8. The molecule has 1 heterocycles. The van der Waals surface area contributed by atoms with Crippen molar-refractivity contribution in [1.29, 1.82) is 0 Å². The molecule has 0 bridgehead atoms. The predicted octanol–water partition coefficient (Wildman–Crippen LogP) is 3.60. The molecule has 2 aromatic rings. The summed E-state index contributed by atoms with van der Waals surface area (Å²) in [5.74, 6) is 2.51. The molecular weight excluding hydrogens is 336 g/mol. The average Bonchev–Trinajstić information content (AvgIpc) is 3.01. The lowest BCUT2D eigenvalue weighted by Gasteiger charge is -2.20. The van der Waals surface area contributed by atoms with Crippen LogP contribution in [0.5, 0.6) is 5.75 Å². The third kappa shape index (κ3) is 4.54. The van der Waals surface area contributed by atoms with Crippen molar-refractivity contribution in [3.8, 4) is 5.75 Å². The number of benzene rings is 1. The molecule has 1 fully saturated rings. The standard InChI is InChI=1S/C18H24N4O2S/c1-22-17(13-7-4-3-5-8-13)20-21-18(22)25-12-16(23)19-14-9-6-10-15(11-14)24-2/h6,9-11,13H,3-5,7-8,12H2,1-2H3,(H,19,23). The zero-order valence-corrected chi connectivity index (χ0v) is 15.5. The van der Waals surface area contributed by atoms with E-state index in [0.29, 0.717) is 11.7 Å². The molecule has 7 heteroatoms. The van der Waals surface area contributed by atoms with Gasteiger partial charge in [-0.15, -0.1) is 10.2 Å². The van der Waals surface area contributed by atoms with Gasteiger partial charge in [0.2, 0.25) is 5.91 Å². The van der Waals surface area contributed by atoms with E-state index < -0.39 is 0 Å². The van der Waals surface area contributed by atoms with Crippen LogP contribution >= 0.6 is 11.8 Å². The van der Waals surface area contributed by atoms with E-state index in [1.54, 1.807) is 13.2 Å². The van der Waals surface area contributed by atoms with Crippen LogP contribution in [0.15, 0.2) is 29.4 Å². The van der Waals surface area contributed by atoms with E-state index in [1.165, 1.54) is 43.9 Å². The second-order valence-corrected chi connectivity index (χ2v) is 7.25. The minimum absolute atomic E-state index is 0.0690. The van der Waals surface area contributed by atoms with Crippen LogP contribution in [0.4, 0.5) is 5.69 Å². The van der Waals surface area contributed by atoms with Gasteiger partial charge in [0.1, 0.15) is 11.6 Å². The molecule has 0 saturated heterocycles. The van der Waals surface area contributed by atoms with Crippen LogP contribution in [0.25, 0.3) is 0 Å². The Kier molecular flexibility index (Phi) is 5.96. The Labute approximate surface area is 152 Å². The SMILES string of the molecule is COc1cccc(NC(=O)CSc2nnc(C3CCCCC3)n2C)c1. The molecule has 3 rings (SSSR count). The average molecular weight is 360 g/mol. The summed E-state index contributed by atoms with van der Waals surface area (Å²) in [5.41, 5.74) is 0.728. The molecule has 1 amide bonds. The number of thioether (sulfide) groups is 1. The van der Waals surface area contributed by atoms with Gasteiger partial charge in [0.15, 0.2) is 5.16 Å². The second kappa shape index (κ2) is 8.38. The van der Waals surface area contributed by atoms with E-state index >= 15 is 0 Å². The molecule has 0 radical (unpaired) electrons. The number of nitrogens with zero attached hydrogens (tertiary/aromatic N) is 3. The second-order valence-electron chi connectivity index (χ2n) is 6.30. The topological polar surface area (TPSA) is 69.0 Å². The van der Waals surface area contributed by atoms with E-state index in [9.17, 15) is 4.79 Å². The van der Waals surface area contributed by atoms with Crippen molar-refractivity contribution in [2.45, 2.75) is 43.2 Å². The van der Waals surface area contributed by atoms with Gasteiger partial charge in [-0.1, -0.05) is 37.1 Å². The number of anilines is 1. The first-order valence-corrected chi connectivity index (χ1v) is 9.62. The maximum Gasteiger partial charge on any atom is 0.234 e. The molecule has 1 saturated carbocycles. The fourth-order valence-electron chi connectivity index (χ4n) is 3.20. The van der Waals surface area contributed by atoms with Crippen molar-refractivity contribution in [3.05, 3.63) is 30.1 Å². The summed E-state index contributed by atoms with van der Waals surface area (Å²) in [6.45, 7) is 0. The van der Waals surface area contributed by atoms with Crippen LogP contribution in [0.1, 0.15) is 43.8 Å². The van der Waals surface area contributed by atoms with Crippen LogP contribution in [0.2, 0.25) is 0 Å². The summed E-state index contributed by atoms with van der Waals surface area (Å²) in [5, 5.41) is 12.3. The lowest BCUT2D eigenvalue weighted by molar-refractivity contribution is -0.113. The first-order valence-electron chi connectivity index (χ1n) is 8.63. The summed E-state index contributed by atoms with van der Waals surface area (Å²) in [4.78, 5) is 12.2. The molecule has 0 unspecified atom stereocenters. The van der Waals surface area contributed by atoms with Crippen LogP contribution in [-0.2, 0) is 11.8 Å². The van der Waals surface area contributed by atoms with Crippen molar-refractivity contribution in [2.24, 2.45) is 7.05 Å². The van der Waals surface area contributed by atoms with Gasteiger partial charge in [0, 0.05) is 24.7 Å². The largest absolute Gasteiger partial charge is 0.497 e. The van der Waals surface area contributed by atoms with Gasteiger partial charge in [-0.25, -0.2) is 0 Å². The number of rotatable bonds is 6. The highest BCUT2D eigenvalue weighted by Gasteiger charge is 2.22. The Morgan fingerprint density at radius 1 is 1.32 bits per heavy atom. The molecule has 1 aliphatic carbocycles. The molecule has 25 heavy (non-hydrogen) atoms. The number of aromatic nitrogens is 3. The molecule has 134 valence electrons. The maximum absolute atomic E-state index is 12.2. The number of methoxy groups -OCH3 is 1. The van der Waals surface area contributed by atoms with Crippen molar-refractivity contribution < 1.29 is 9.53 Å². The predicted molar refractivity (Wildman–Crippen MR) is 99.2 cm³/mol. The monoisotopic (exact) mass is 360 g/mol. The van der Waals surface area contributed by atoms with E-state index in [-0.39, 0.29) is 5.91 Å². The summed E-state index contributed by atoms with van der Waals surface area (Å²) in [6.07, 6.45) is 6.23. The fraction of sp³-hybridized carbons (Fsp3) is 0.500. The number of hydrogen-bond acceptors (Lipinski definition) is 5. The molecule has 1 aromatic heterocycles. The van der Waals surface area contributed by atoms with Gasteiger partial charge in [-0.2, -0.15) is 0 Å². The third-order valence-electron chi connectivity index (χ3n) is 4.52. The number of ether oxygens (including phenoxy) is 1. The highest BCUT2D eigenvalue weighted by molar-refractivity contribution is 7.99. The first-order chi connectivity index (χ1) is 12.2. The molecule has 6 nitrogen and oxygen atoms in total. The normalized spacial score (nSPS) is 15.1. The zero-order chi connectivity index (χ0) is 17.6. The van der Waals surface area contributed by atoms with Crippen molar-refractivity contribution in [2.75, 3.05) is 18.2 Å². The van der Waals surface area contributed by atoms with E-state index in [1.807, 2.05) is 29.8 Å². The third-order valence-corrected chi connectivity index (χ3v) is 5.54.